The molecule has 0 atom stereocenters. The Kier molecular flexibility index (Phi) is 4.98. The molecule has 0 aliphatic carbocycles. The summed E-state index contributed by atoms with van der Waals surface area (Å²) in [6.45, 7) is 5.70. The van der Waals surface area contributed by atoms with Crippen molar-refractivity contribution >= 4 is 17.5 Å². The van der Waals surface area contributed by atoms with Crippen molar-refractivity contribution in [1.82, 2.24) is 20.1 Å². The minimum atomic E-state index is -0.267. The van der Waals surface area contributed by atoms with Crippen LogP contribution in [-0.2, 0) is 16.0 Å². The lowest BCUT2D eigenvalue weighted by atomic mass is 9.93. The summed E-state index contributed by atoms with van der Waals surface area (Å²) in [5.74, 6) is 2.11. The van der Waals surface area contributed by atoms with E-state index >= 15 is 0 Å². The number of carbonyl (C=O) groups is 2. The van der Waals surface area contributed by atoms with Crippen LogP contribution in [0.1, 0.15) is 44.3 Å². The average Bonchev–Trinajstić information content (AvgIpc) is 3.28. The number of para-hydroxylation sites is 1. The lowest BCUT2D eigenvalue weighted by Crippen LogP contribution is -2.39. The second kappa shape index (κ2) is 7.58. The van der Waals surface area contributed by atoms with Gasteiger partial charge in [-0.25, -0.2) is 9.88 Å². The van der Waals surface area contributed by atoms with Crippen LogP contribution in [0, 0.1) is 5.92 Å². The van der Waals surface area contributed by atoms with E-state index in [1.807, 2.05) is 23.1 Å². The zero-order chi connectivity index (χ0) is 19.7. The Morgan fingerprint density at radius 2 is 1.86 bits per heavy atom. The van der Waals surface area contributed by atoms with E-state index in [1.54, 1.807) is 12.1 Å². The van der Waals surface area contributed by atoms with Gasteiger partial charge in [0, 0.05) is 31.5 Å². The molecule has 1 aromatic heterocycles. The van der Waals surface area contributed by atoms with Crippen LogP contribution in [0.2, 0.25) is 0 Å². The molecule has 0 radical (unpaired) electrons. The van der Waals surface area contributed by atoms with E-state index in [1.165, 1.54) is 11.0 Å². The average molecular weight is 379 g/mol. The zero-order valence-corrected chi connectivity index (χ0v) is 16.3. The van der Waals surface area contributed by atoms with E-state index in [4.69, 9.17) is 0 Å². The van der Waals surface area contributed by atoms with E-state index in [2.05, 4.69) is 29.0 Å². The third kappa shape index (κ3) is 3.56. The molecule has 1 fully saturated rings. The van der Waals surface area contributed by atoms with Crippen LogP contribution in [0.5, 0.6) is 0 Å². The van der Waals surface area contributed by atoms with Crippen molar-refractivity contribution in [1.29, 1.82) is 0 Å². The number of aromatic amines is 1. The standard InChI is InChI=1S/C21H25N5O2/c1-14(2)20-22-18(23-24-20)12-15-8-10-25(11-9-15)17-13-19(27)26(21(17)28)16-6-4-3-5-7-16/h3-7,13-15H,8-12H2,1-2H3,(H,22,23,24). The Hall–Kier alpha value is -2.96. The van der Waals surface area contributed by atoms with Crippen LogP contribution < -0.4 is 4.90 Å². The van der Waals surface area contributed by atoms with Gasteiger partial charge in [-0.2, -0.15) is 5.10 Å². The molecule has 1 saturated heterocycles. The number of H-pyrrole nitrogens is 1. The fraction of sp³-hybridized carbons (Fsp3) is 0.429. The lowest BCUT2D eigenvalue weighted by molar-refractivity contribution is -0.121. The minimum absolute atomic E-state index is 0.230. The molecule has 2 amide bonds. The van der Waals surface area contributed by atoms with Crippen LogP contribution in [0.3, 0.4) is 0 Å². The van der Waals surface area contributed by atoms with Crippen molar-refractivity contribution in [2.45, 2.75) is 39.0 Å². The number of likely N-dealkylation sites (tertiary alicyclic amines) is 1. The summed E-state index contributed by atoms with van der Waals surface area (Å²) in [4.78, 5) is 33.1. The van der Waals surface area contributed by atoms with Crippen molar-refractivity contribution < 1.29 is 9.59 Å². The molecule has 0 bridgehead atoms. The third-order valence-corrected chi connectivity index (χ3v) is 5.42. The first kappa shape index (κ1) is 18.4. The van der Waals surface area contributed by atoms with Gasteiger partial charge in [0.1, 0.15) is 11.5 Å². The third-order valence-electron chi connectivity index (χ3n) is 5.42. The summed E-state index contributed by atoms with van der Waals surface area (Å²) in [7, 11) is 0. The Balaban J connectivity index is 1.36. The number of hydrogen-bond donors (Lipinski definition) is 1. The molecule has 1 N–H and O–H groups in total. The minimum Gasteiger partial charge on any atom is -0.367 e. The Morgan fingerprint density at radius 3 is 2.50 bits per heavy atom. The Morgan fingerprint density at radius 1 is 1.14 bits per heavy atom. The lowest BCUT2D eigenvalue weighted by Gasteiger charge is -2.33. The van der Waals surface area contributed by atoms with Gasteiger partial charge in [-0.3, -0.25) is 14.7 Å². The number of aromatic nitrogens is 3. The maximum absolute atomic E-state index is 12.8. The highest BCUT2D eigenvalue weighted by Gasteiger charge is 2.36. The molecule has 28 heavy (non-hydrogen) atoms. The molecular formula is C21H25N5O2. The highest BCUT2D eigenvalue weighted by atomic mass is 16.2. The first-order chi connectivity index (χ1) is 13.5. The van der Waals surface area contributed by atoms with Gasteiger partial charge < -0.3 is 4.90 Å². The summed E-state index contributed by atoms with van der Waals surface area (Å²) in [6, 6.07) is 9.08. The van der Waals surface area contributed by atoms with Crippen LogP contribution in [0.15, 0.2) is 42.1 Å². The number of hydrogen-bond acceptors (Lipinski definition) is 5. The van der Waals surface area contributed by atoms with Crippen LogP contribution in [0.25, 0.3) is 0 Å². The molecule has 146 valence electrons. The van der Waals surface area contributed by atoms with Crippen LogP contribution in [-0.4, -0.2) is 45.0 Å². The molecule has 2 aliphatic heterocycles. The fourth-order valence-corrected chi connectivity index (χ4v) is 3.82. The van der Waals surface area contributed by atoms with E-state index in [-0.39, 0.29) is 11.8 Å². The summed E-state index contributed by atoms with van der Waals surface area (Å²) >= 11 is 0. The van der Waals surface area contributed by atoms with E-state index in [0.717, 1.165) is 44.0 Å². The van der Waals surface area contributed by atoms with Crippen LogP contribution in [0.4, 0.5) is 5.69 Å². The molecule has 7 heteroatoms. The van der Waals surface area contributed by atoms with Crippen molar-refractivity contribution in [2.75, 3.05) is 18.0 Å². The normalized spacial score (nSPS) is 18.3. The first-order valence-electron chi connectivity index (χ1n) is 9.84. The van der Waals surface area contributed by atoms with E-state index in [0.29, 0.717) is 23.2 Å². The highest BCUT2D eigenvalue weighted by Crippen LogP contribution is 2.28. The monoisotopic (exact) mass is 379 g/mol. The first-order valence-corrected chi connectivity index (χ1v) is 9.84. The van der Waals surface area contributed by atoms with Gasteiger partial charge in [0.05, 0.1) is 5.69 Å². The molecule has 2 aliphatic rings. The molecule has 0 unspecified atom stereocenters. The van der Waals surface area contributed by atoms with Crippen molar-refractivity contribution in [2.24, 2.45) is 5.92 Å². The molecule has 0 saturated carbocycles. The number of nitrogens with zero attached hydrogens (tertiary/aromatic N) is 4. The maximum atomic E-state index is 12.8. The van der Waals surface area contributed by atoms with Crippen molar-refractivity contribution in [3.63, 3.8) is 0 Å². The zero-order valence-electron chi connectivity index (χ0n) is 16.3. The van der Waals surface area contributed by atoms with Crippen molar-refractivity contribution in [3.8, 4) is 0 Å². The summed E-state index contributed by atoms with van der Waals surface area (Å²) < 4.78 is 0. The quantitative estimate of drug-likeness (QED) is 0.808. The SMILES string of the molecule is CC(C)c1n[nH]c(CC2CCN(C3=CC(=O)N(c4ccccc4)C3=O)CC2)n1. The number of imide groups is 1. The Labute approximate surface area is 164 Å². The smallest absolute Gasteiger partial charge is 0.281 e. The predicted molar refractivity (Wildman–Crippen MR) is 105 cm³/mol. The predicted octanol–water partition coefficient (Wildman–Crippen LogP) is 2.64. The summed E-state index contributed by atoms with van der Waals surface area (Å²) in [5.41, 5.74) is 1.12. The molecule has 0 spiro atoms. The number of nitrogens with one attached hydrogen (secondary N) is 1. The number of amides is 2. The molecule has 4 rings (SSSR count). The van der Waals surface area contributed by atoms with Crippen LogP contribution >= 0.6 is 0 Å². The van der Waals surface area contributed by atoms with Crippen molar-refractivity contribution in [3.05, 3.63) is 53.8 Å². The molecule has 3 heterocycles. The Bertz CT molecular complexity index is 895. The maximum Gasteiger partial charge on any atom is 0.281 e. The molecule has 7 nitrogen and oxygen atoms in total. The topological polar surface area (TPSA) is 82.2 Å². The molecular weight excluding hydrogens is 354 g/mol. The van der Waals surface area contributed by atoms with Gasteiger partial charge in [0.2, 0.25) is 0 Å². The van der Waals surface area contributed by atoms with Gasteiger partial charge in [-0.05, 0) is 30.9 Å². The number of rotatable bonds is 5. The second-order valence-corrected chi connectivity index (χ2v) is 7.77. The second-order valence-electron chi connectivity index (χ2n) is 7.77. The van der Waals surface area contributed by atoms with Gasteiger partial charge >= 0.3 is 0 Å². The van der Waals surface area contributed by atoms with E-state index < -0.39 is 0 Å². The van der Waals surface area contributed by atoms with Gasteiger partial charge in [0.25, 0.3) is 11.8 Å². The largest absolute Gasteiger partial charge is 0.367 e. The highest BCUT2D eigenvalue weighted by molar-refractivity contribution is 6.30. The molecule has 1 aromatic carbocycles. The van der Waals surface area contributed by atoms with Gasteiger partial charge in [-0.15, -0.1) is 0 Å². The number of anilines is 1. The number of piperidine rings is 1. The van der Waals surface area contributed by atoms with Gasteiger partial charge in [-0.1, -0.05) is 32.0 Å². The van der Waals surface area contributed by atoms with E-state index in [9.17, 15) is 9.59 Å². The summed E-state index contributed by atoms with van der Waals surface area (Å²) in [5, 5.41) is 7.32. The number of carbonyl (C=O) groups excluding carboxylic acids is 2. The molecule has 2 aromatic rings. The summed E-state index contributed by atoms with van der Waals surface area (Å²) in [6.07, 6.45) is 4.26. The number of benzene rings is 1. The fourth-order valence-electron chi connectivity index (χ4n) is 3.82. The van der Waals surface area contributed by atoms with Gasteiger partial charge in [0.15, 0.2) is 5.82 Å².